The lowest BCUT2D eigenvalue weighted by Crippen LogP contribution is -2.37. The summed E-state index contributed by atoms with van der Waals surface area (Å²) in [5.74, 6) is 0.462. The van der Waals surface area contributed by atoms with Crippen LogP contribution < -0.4 is 5.19 Å². The minimum absolute atomic E-state index is 0.102. The predicted molar refractivity (Wildman–Crippen MR) is 126 cm³/mol. The van der Waals surface area contributed by atoms with Gasteiger partial charge in [0.2, 0.25) is 0 Å². The summed E-state index contributed by atoms with van der Waals surface area (Å²) in [7, 11) is -1.43. The summed E-state index contributed by atoms with van der Waals surface area (Å²) < 4.78 is 7.97. The van der Waals surface area contributed by atoms with Crippen LogP contribution in [0.3, 0.4) is 0 Å². The number of aliphatic hydroxyl groups is 1. The van der Waals surface area contributed by atoms with Crippen LogP contribution in [-0.4, -0.2) is 35.7 Å². The highest BCUT2D eigenvalue weighted by Gasteiger charge is 2.26. The Morgan fingerprint density at radius 3 is 2.30 bits per heavy atom. The smallest absolute Gasteiger partial charge is 0.163 e. The molecular formula is C24H35N3O2Si. The van der Waals surface area contributed by atoms with Crippen molar-refractivity contribution in [1.82, 2.24) is 9.78 Å². The van der Waals surface area contributed by atoms with Gasteiger partial charge in [0.15, 0.2) is 5.76 Å². The number of nitrogens with zero attached hydrogens (tertiary/aromatic N) is 3. The number of rotatable bonds is 7. The van der Waals surface area contributed by atoms with E-state index in [4.69, 9.17) is 4.74 Å². The van der Waals surface area contributed by atoms with Gasteiger partial charge in [0.05, 0.1) is 19.9 Å². The van der Waals surface area contributed by atoms with Crippen molar-refractivity contribution in [1.29, 1.82) is 5.26 Å². The summed E-state index contributed by atoms with van der Waals surface area (Å²) in [6.07, 6.45) is -0.666. The fraction of sp³-hybridized carbons (Fsp3) is 0.500. The summed E-state index contributed by atoms with van der Waals surface area (Å²) in [4.78, 5) is 0. The third-order valence-corrected chi connectivity index (χ3v) is 7.26. The lowest BCUT2D eigenvalue weighted by molar-refractivity contribution is 0.0131. The maximum Gasteiger partial charge on any atom is 0.163 e. The normalized spacial score (nSPS) is 14.1. The molecule has 2 aromatic rings. The number of hydrogen-bond donors (Lipinski definition) is 1. The van der Waals surface area contributed by atoms with Crippen LogP contribution in [0.15, 0.2) is 30.3 Å². The molecule has 2 rings (SSSR count). The molecule has 0 aliphatic carbocycles. The maximum absolute atomic E-state index is 10.5. The molecule has 0 amide bonds. The van der Waals surface area contributed by atoms with Crippen molar-refractivity contribution < 1.29 is 9.84 Å². The van der Waals surface area contributed by atoms with Crippen molar-refractivity contribution in [3.63, 3.8) is 0 Å². The fourth-order valence-corrected chi connectivity index (χ4v) is 4.21. The predicted octanol–water partition coefficient (Wildman–Crippen LogP) is 4.57. The lowest BCUT2D eigenvalue weighted by Gasteiger charge is -2.26. The van der Waals surface area contributed by atoms with Crippen molar-refractivity contribution in [2.24, 2.45) is 5.41 Å². The van der Waals surface area contributed by atoms with Crippen LogP contribution in [0, 0.1) is 23.7 Å². The highest BCUT2D eigenvalue weighted by Crippen LogP contribution is 2.29. The van der Waals surface area contributed by atoms with Crippen LogP contribution in [0.2, 0.25) is 19.6 Å². The standard InChI is InChI=1S/C24H35N3O2Si/c1-9-27-21(14-17(2)26-27)23(29-16-22(28)24(3,4)5)20(15-25)18-10-12-19(13-11-18)30(6,7)8/h10-14,22,28H,9,16H2,1-8H3/b23-20-. The molecule has 0 fully saturated rings. The van der Waals surface area contributed by atoms with E-state index in [0.717, 1.165) is 17.0 Å². The van der Waals surface area contributed by atoms with Gasteiger partial charge in [-0.15, -0.1) is 0 Å². The summed E-state index contributed by atoms with van der Waals surface area (Å²) in [5, 5.41) is 26.4. The molecule has 5 nitrogen and oxygen atoms in total. The number of hydrogen-bond acceptors (Lipinski definition) is 4. The third kappa shape index (κ3) is 5.62. The summed E-state index contributed by atoms with van der Waals surface area (Å²) in [6.45, 7) is 17.5. The molecule has 0 saturated carbocycles. The Morgan fingerprint density at radius 2 is 1.83 bits per heavy atom. The molecule has 1 aromatic heterocycles. The van der Waals surface area contributed by atoms with Gasteiger partial charge < -0.3 is 9.84 Å². The van der Waals surface area contributed by atoms with E-state index in [2.05, 4.69) is 42.9 Å². The second kappa shape index (κ2) is 9.19. The molecule has 1 N–H and O–H groups in total. The van der Waals surface area contributed by atoms with Gasteiger partial charge >= 0.3 is 0 Å². The van der Waals surface area contributed by atoms with Crippen LogP contribution >= 0.6 is 0 Å². The van der Waals surface area contributed by atoms with E-state index in [-0.39, 0.29) is 12.0 Å². The van der Waals surface area contributed by atoms with Crippen LogP contribution in [0.5, 0.6) is 0 Å². The van der Waals surface area contributed by atoms with Gasteiger partial charge in [0, 0.05) is 6.54 Å². The summed E-state index contributed by atoms with van der Waals surface area (Å²) in [6, 6.07) is 12.5. The molecular weight excluding hydrogens is 390 g/mol. The Kier molecular flexibility index (Phi) is 7.33. The number of allylic oxidation sites excluding steroid dienone is 1. The zero-order valence-electron chi connectivity index (χ0n) is 19.6. The minimum atomic E-state index is -1.43. The molecule has 1 aromatic carbocycles. The molecule has 1 atom stereocenters. The zero-order valence-corrected chi connectivity index (χ0v) is 20.6. The van der Waals surface area contributed by atoms with E-state index in [9.17, 15) is 10.4 Å². The van der Waals surface area contributed by atoms with Crippen molar-refractivity contribution in [2.75, 3.05) is 6.61 Å². The maximum atomic E-state index is 10.5. The second-order valence-corrected chi connectivity index (χ2v) is 14.9. The van der Waals surface area contributed by atoms with E-state index >= 15 is 0 Å². The number of aromatic nitrogens is 2. The summed E-state index contributed by atoms with van der Waals surface area (Å²) in [5.41, 5.74) is 2.55. The van der Waals surface area contributed by atoms with Gasteiger partial charge in [0.1, 0.15) is 23.9 Å². The Hall–Kier alpha value is -2.36. The lowest BCUT2D eigenvalue weighted by atomic mass is 9.90. The molecule has 0 aliphatic heterocycles. The van der Waals surface area contributed by atoms with Crippen molar-refractivity contribution in [2.45, 2.75) is 66.9 Å². The monoisotopic (exact) mass is 425 g/mol. The van der Waals surface area contributed by atoms with Gasteiger partial charge in [-0.2, -0.15) is 10.4 Å². The summed E-state index contributed by atoms with van der Waals surface area (Å²) >= 11 is 0. The molecule has 0 radical (unpaired) electrons. The molecule has 30 heavy (non-hydrogen) atoms. The number of ether oxygens (including phenoxy) is 1. The Bertz CT molecular complexity index is 939. The van der Waals surface area contributed by atoms with Gasteiger partial charge in [-0.3, -0.25) is 4.68 Å². The average Bonchev–Trinajstić information content (AvgIpc) is 3.04. The molecule has 1 heterocycles. The highest BCUT2D eigenvalue weighted by molar-refractivity contribution is 6.88. The number of nitriles is 1. The van der Waals surface area contributed by atoms with Crippen molar-refractivity contribution >= 4 is 24.6 Å². The van der Waals surface area contributed by atoms with Gasteiger partial charge in [-0.1, -0.05) is 69.9 Å². The van der Waals surface area contributed by atoms with E-state index in [1.165, 1.54) is 5.19 Å². The Balaban J connectivity index is 2.59. The van der Waals surface area contributed by atoms with Crippen LogP contribution in [-0.2, 0) is 11.3 Å². The molecule has 1 unspecified atom stereocenters. The first-order valence-electron chi connectivity index (χ1n) is 10.5. The van der Waals surface area contributed by atoms with Crippen LogP contribution in [0.4, 0.5) is 0 Å². The Labute approximate surface area is 182 Å². The molecule has 162 valence electrons. The van der Waals surface area contributed by atoms with E-state index in [0.29, 0.717) is 17.9 Å². The first-order valence-corrected chi connectivity index (χ1v) is 14.0. The SMILES string of the molecule is CCn1nc(C)cc1/C(OCC(O)C(C)(C)C)=C(\C#N)c1ccc([Si](C)(C)C)cc1. The number of aliphatic hydroxyl groups excluding tert-OH is 1. The minimum Gasteiger partial charge on any atom is -0.487 e. The molecule has 0 bridgehead atoms. The number of benzene rings is 1. The Morgan fingerprint density at radius 1 is 1.23 bits per heavy atom. The first-order chi connectivity index (χ1) is 13.9. The van der Waals surface area contributed by atoms with Gasteiger partial charge in [-0.25, -0.2) is 0 Å². The van der Waals surface area contributed by atoms with Gasteiger partial charge in [0.25, 0.3) is 0 Å². The molecule has 0 spiro atoms. The quantitative estimate of drug-likeness (QED) is 0.401. The largest absolute Gasteiger partial charge is 0.487 e. The van der Waals surface area contributed by atoms with Crippen LogP contribution in [0.25, 0.3) is 11.3 Å². The van der Waals surface area contributed by atoms with Crippen molar-refractivity contribution in [3.8, 4) is 6.07 Å². The fourth-order valence-electron chi connectivity index (χ4n) is 3.04. The zero-order chi connectivity index (χ0) is 22.7. The van der Waals surface area contributed by atoms with E-state index < -0.39 is 14.2 Å². The first kappa shape index (κ1) is 23.9. The number of aryl methyl sites for hydroxylation is 2. The molecule has 6 heteroatoms. The van der Waals surface area contributed by atoms with E-state index in [1.807, 2.05) is 57.5 Å². The second-order valence-electron chi connectivity index (χ2n) is 9.82. The topological polar surface area (TPSA) is 71.1 Å². The van der Waals surface area contributed by atoms with Gasteiger partial charge in [-0.05, 0) is 30.9 Å². The van der Waals surface area contributed by atoms with E-state index in [1.54, 1.807) is 0 Å². The molecule has 0 saturated heterocycles. The van der Waals surface area contributed by atoms with Crippen molar-refractivity contribution in [3.05, 3.63) is 47.3 Å². The average molecular weight is 426 g/mol. The van der Waals surface area contributed by atoms with Crippen LogP contribution in [0.1, 0.15) is 44.6 Å². The highest BCUT2D eigenvalue weighted by atomic mass is 28.3. The molecule has 0 aliphatic rings. The third-order valence-electron chi connectivity index (χ3n) is 5.20.